The maximum atomic E-state index is 13.8. The summed E-state index contributed by atoms with van der Waals surface area (Å²) >= 11 is 0. The van der Waals surface area contributed by atoms with Gasteiger partial charge in [0, 0.05) is 17.7 Å². The van der Waals surface area contributed by atoms with E-state index in [1.165, 1.54) is 19.9 Å². The lowest BCUT2D eigenvalue weighted by atomic mass is 10.1. The topological polar surface area (TPSA) is 97.6 Å². The molecule has 2 N–H and O–H groups in total. The average molecular weight is 408 g/mol. The molecular weight excluding hydrogens is 386 g/mol. The van der Waals surface area contributed by atoms with E-state index in [-0.39, 0.29) is 41.5 Å². The highest BCUT2D eigenvalue weighted by molar-refractivity contribution is 6.10. The van der Waals surface area contributed by atoms with Crippen LogP contribution in [0, 0.1) is 18.6 Å². The minimum absolute atomic E-state index is 0.0356. The van der Waals surface area contributed by atoms with Crippen LogP contribution in [0.15, 0.2) is 22.6 Å². The van der Waals surface area contributed by atoms with E-state index < -0.39 is 35.3 Å². The van der Waals surface area contributed by atoms with Crippen LogP contribution in [-0.2, 0) is 9.53 Å². The number of hydrogen-bond acceptors (Lipinski definition) is 6. The molecule has 1 heterocycles. The first-order valence-electron chi connectivity index (χ1n) is 8.95. The summed E-state index contributed by atoms with van der Waals surface area (Å²) in [4.78, 5) is 36.4. The van der Waals surface area contributed by atoms with Gasteiger partial charge in [0.25, 0.3) is 0 Å². The quantitative estimate of drug-likeness (QED) is 0.512. The molecule has 1 amide bonds. The Hall–Kier alpha value is -3.07. The van der Waals surface area contributed by atoms with Crippen molar-refractivity contribution in [1.82, 2.24) is 5.32 Å². The molecule has 0 bridgehead atoms. The standard InChI is InChI=1S/C20H22F2N2O5/c1-5-28-20(27)18-17(11(3)25)12(4)29-19(18)24-16(26)9-23-10(2)14-7-6-13(21)8-15(14)22/h6-8,10,23H,5,9H2,1-4H3,(H,24,26)/t10-/m1/s1. The third kappa shape index (κ3) is 5.26. The molecule has 9 heteroatoms. The van der Waals surface area contributed by atoms with Gasteiger partial charge in [-0.3, -0.25) is 14.9 Å². The van der Waals surface area contributed by atoms with Gasteiger partial charge >= 0.3 is 5.97 Å². The number of carbonyl (C=O) groups is 3. The van der Waals surface area contributed by atoms with Gasteiger partial charge in [-0.05, 0) is 33.8 Å². The summed E-state index contributed by atoms with van der Waals surface area (Å²) in [6.45, 7) is 5.81. The maximum absolute atomic E-state index is 13.8. The van der Waals surface area contributed by atoms with Crippen molar-refractivity contribution in [2.24, 2.45) is 0 Å². The van der Waals surface area contributed by atoms with Crippen LogP contribution in [0.2, 0.25) is 0 Å². The number of aryl methyl sites for hydroxylation is 1. The molecule has 1 aromatic carbocycles. The molecule has 0 saturated heterocycles. The Bertz CT molecular complexity index is 939. The van der Waals surface area contributed by atoms with Gasteiger partial charge in [-0.2, -0.15) is 0 Å². The molecule has 0 unspecified atom stereocenters. The lowest BCUT2D eigenvalue weighted by Gasteiger charge is -2.15. The molecule has 1 aromatic heterocycles. The van der Waals surface area contributed by atoms with E-state index in [1.807, 2.05) is 0 Å². The number of benzene rings is 1. The number of ketones is 1. The van der Waals surface area contributed by atoms with Gasteiger partial charge in [-0.15, -0.1) is 0 Å². The van der Waals surface area contributed by atoms with Crippen molar-refractivity contribution in [2.75, 3.05) is 18.5 Å². The van der Waals surface area contributed by atoms with E-state index in [2.05, 4.69) is 10.6 Å². The summed E-state index contributed by atoms with van der Waals surface area (Å²) < 4.78 is 37.2. The van der Waals surface area contributed by atoms with Crippen molar-refractivity contribution in [3.63, 3.8) is 0 Å². The Morgan fingerprint density at radius 1 is 1.21 bits per heavy atom. The zero-order valence-corrected chi connectivity index (χ0v) is 16.5. The van der Waals surface area contributed by atoms with E-state index in [0.29, 0.717) is 0 Å². The Morgan fingerprint density at radius 3 is 2.48 bits per heavy atom. The number of halogens is 2. The number of hydrogen-bond donors (Lipinski definition) is 2. The Labute approximate surface area is 166 Å². The van der Waals surface area contributed by atoms with E-state index in [4.69, 9.17) is 9.15 Å². The smallest absolute Gasteiger partial charge is 0.344 e. The number of ether oxygens (including phenoxy) is 1. The minimum atomic E-state index is -0.792. The third-order valence-electron chi connectivity index (χ3n) is 4.17. The number of carbonyl (C=O) groups excluding carboxylic acids is 3. The highest BCUT2D eigenvalue weighted by atomic mass is 19.1. The van der Waals surface area contributed by atoms with Gasteiger partial charge in [-0.1, -0.05) is 6.07 Å². The molecule has 0 saturated carbocycles. The van der Waals surface area contributed by atoms with Gasteiger partial charge < -0.3 is 14.5 Å². The molecule has 0 aliphatic carbocycles. The average Bonchev–Trinajstić information content (AvgIpc) is 2.96. The highest BCUT2D eigenvalue weighted by Gasteiger charge is 2.28. The molecule has 0 spiro atoms. The number of nitrogens with one attached hydrogen (secondary N) is 2. The Balaban J connectivity index is 2.13. The monoisotopic (exact) mass is 408 g/mol. The van der Waals surface area contributed by atoms with Crippen molar-refractivity contribution in [1.29, 1.82) is 0 Å². The lowest BCUT2D eigenvalue weighted by Crippen LogP contribution is -2.31. The summed E-state index contributed by atoms with van der Waals surface area (Å²) in [5.41, 5.74) is 0.0791. The van der Waals surface area contributed by atoms with Crippen molar-refractivity contribution in [2.45, 2.75) is 33.7 Å². The fourth-order valence-electron chi connectivity index (χ4n) is 2.83. The van der Waals surface area contributed by atoms with Crippen LogP contribution in [0.25, 0.3) is 0 Å². The first kappa shape index (κ1) is 22.2. The van der Waals surface area contributed by atoms with Gasteiger partial charge in [0.2, 0.25) is 11.8 Å². The fourth-order valence-corrected chi connectivity index (χ4v) is 2.83. The number of esters is 1. The number of furan rings is 1. The fraction of sp³-hybridized carbons (Fsp3) is 0.350. The maximum Gasteiger partial charge on any atom is 0.344 e. The van der Waals surface area contributed by atoms with Crippen LogP contribution in [0.4, 0.5) is 14.7 Å². The molecule has 2 aromatic rings. The van der Waals surface area contributed by atoms with Crippen LogP contribution in [-0.4, -0.2) is 30.8 Å². The van der Waals surface area contributed by atoms with Crippen molar-refractivity contribution < 1.29 is 32.3 Å². The molecule has 1 atom stereocenters. The number of rotatable bonds is 8. The summed E-state index contributed by atoms with van der Waals surface area (Å²) in [5, 5.41) is 5.22. The molecule has 0 aliphatic rings. The summed E-state index contributed by atoms with van der Waals surface area (Å²) in [6, 6.07) is 2.58. The van der Waals surface area contributed by atoms with Gasteiger partial charge in [0.1, 0.15) is 23.0 Å². The summed E-state index contributed by atoms with van der Waals surface area (Å²) in [5.74, 6) is -3.24. The van der Waals surface area contributed by atoms with Gasteiger partial charge in [-0.25, -0.2) is 13.6 Å². The number of Topliss-reactive ketones (excluding diaryl/α,β-unsaturated/α-hetero) is 1. The van der Waals surface area contributed by atoms with E-state index >= 15 is 0 Å². The normalized spacial score (nSPS) is 11.8. The van der Waals surface area contributed by atoms with Crippen molar-refractivity contribution in [3.05, 3.63) is 52.3 Å². The predicted molar refractivity (Wildman–Crippen MR) is 101 cm³/mol. The highest BCUT2D eigenvalue weighted by Crippen LogP contribution is 2.28. The number of anilines is 1. The van der Waals surface area contributed by atoms with E-state index in [9.17, 15) is 23.2 Å². The molecule has 0 fully saturated rings. The summed E-state index contributed by atoms with van der Waals surface area (Å²) in [7, 11) is 0. The van der Waals surface area contributed by atoms with Crippen LogP contribution in [0.5, 0.6) is 0 Å². The molecule has 156 valence electrons. The van der Waals surface area contributed by atoms with Gasteiger partial charge in [0.15, 0.2) is 5.78 Å². The molecule has 29 heavy (non-hydrogen) atoms. The second-order valence-corrected chi connectivity index (χ2v) is 6.33. The molecule has 0 radical (unpaired) electrons. The Kier molecular flexibility index (Phi) is 7.22. The first-order chi connectivity index (χ1) is 13.6. The third-order valence-corrected chi connectivity index (χ3v) is 4.17. The first-order valence-corrected chi connectivity index (χ1v) is 8.95. The summed E-state index contributed by atoms with van der Waals surface area (Å²) in [6.07, 6.45) is 0. The second kappa shape index (κ2) is 9.42. The molecule has 0 aliphatic heterocycles. The number of amides is 1. The zero-order valence-electron chi connectivity index (χ0n) is 16.5. The van der Waals surface area contributed by atoms with E-state index in [1.54, 1.807) is 13.8 Å². The predicted octanol–water partition coefficient (Wildman–Crippen LogP) is 3.53. The zero-order chi connectivity index (χ0) is 21.7. The van der Waals surface area contributed by atoms with Crippen LogP contribution in [0.3, 0.4) is 0 Å². The molecule has 7 nitrogen and oxygen atoms in total. The van der Waals surface area contributed by atoms with Crippen LogP contribution < -0.4 is 10.6 Å². The van der Waals surface area contributed by atoms with Crippen molar-refractivity contribution >= 4 is 23.5 Å². The second-order valence-electron chi connectivity index (χ2n) is 6.33. The van der Waals surface area contributed by atoms with Gasteiger partial charge in [0.05, 0.1) is 18.7 Å². The largest absolute Gasteiger partial charge is 0.462 e. The lowest BCUT2D eigenvalue weighted by molar-refractivity contribution is -0.115. The van der Waals surface area contributed by atoms with Crippen LogP contribution in [0.1, 0.15) is 58.9 Å². The van der Waals surface area contributed by atoms with Crippen LogP contribution >= 0.6 is 0 Å². The molecular formula is C20H22F2N2O5. The van der Waals surface area contributed by atoms with E-state index in [0.717, 1.165) is 12.1 Å². The Morgan fingerprint density at radius 2 is 1.90 bits per heavy atom. The molecule has 2 rings (SSSR count). The van der Waals surface area contributed by atoms with Crippen molar-refractivity contribution in [3.8, 4) is 0 Å². The minimum Gasteiger partial charge on any atom is -0.462 e. The SMILES string of the molecule is CCOC(=O)c1c(NC(=O)CN[C@H](C)c2ccc(F)cc2F)oc(C)c1C(C)=O.